The summed E-state index contributed by atoms with van der Waals surface area (Å²) in [5.41, 5.74) is 6.40. The van der Waals surface area contributed by atoms with Crippen LogP contribution in [0.1, 0.15) is 27.2 Å². The highest BCUT2D eigenvalue weighted by Gasteiger charge is 2.20. The molecule has 1 rings (SSSR count). The molecule has 0 aromatic heterocycles. The molecule has 0 aliphatic rings. The third kappa shape index (κ3) is 4.91. The third-order valence-electron chi connectivity index (χ3n) is 2.99. The molecule has 1 aromatic carbocycles. The van der Waals surface area contributed by atoms with E-state index >= 15 is 0 Å². The SMILES string of the molecule is CCCOc1ccc(NC(=O)C(CN)C(C)C)cc1. The minimum Gasteiger partial charge on any atom is -0.494 e. The molecule has 19 heavy (non-hydrogen) atoms. The Hall–Kier alpha value is -1.55. The van der Waals surface area contributed by atoms with Crippen LogP contribution in [0.4, 0.5) is 5.69 Å². The highest BCUT2D eigenvalue weighted by Crippen LogP contribution is 2.18. The quantitative estimate of drug-likeness (QED) is 0.795. The topological polar surface area (TPSA) is 64.3 Å². The lowest BCUT2D eigenvalue weighted by molar-refractivity contribution is -0.120. The van der Waals surface area contributed by atoms with Gasteiger partial charge in [-0.25, -0.2) is 0 Å². The van der Waals surface area contributed by atoms with Crippen molar-refractivity contribution in [3.63, 3.8) is 0 Å². The van der Waals surface area contributed by atoms with Crippen LogP contribution in [0, 0.1) is 11.8 Å². The van der Waals surface area contributed by atoms with Crippen molar-refractivity contribution in [1.29, 1.82) is 0 Å². The number of carbonyl (C=O) groups is 1. The maximum atomic E-state index is 12.0. The van der Waals surface area contributed by atoms with Gasteiger partial charge in [0.2, 0.25) is 5.91 Å². The Labute approximate surface area is 115 Å². The van der Waals surface area contributed by atoms with E-state index in [-0.39, 0.29) is 17.7 Å². The van der Waals surface area contributed by atoms with Crippen LogP contribution < -0.4 is 15.8 Å². The predicted molar refractivity (Wildman–Crippen MR) is 78.2 cm³/mol. The average Bonchev–Trinajstić information content (AvgIpc) is 2.38. The van der Waals surface area contributed by atoms with Crippen LogP contribution in [0.2, 0.25) is 0 Å². The Morgan fingerprint density at radius 2 is 1.95 bits per heavy atom. The number of rotatable bonds is 7. The van der Waals surface area contributed by atoms with E-state index in [1.54, 1.807) is 0 Å². The summed E-state index contributed by atoms with van der Waals surface area (Å²) in [5.74, 6) is 0.868. The lowest BCUT2D eigenvalue weighted by atomic mass is 9.95. The summed E-state index contributed by atoms with van der Waals surface area (Å²) in [5, 5.41) is 2.88. The molecule has 1 atom stereocenters. The molecule has 0 fully saturated rings. The molecule has 0 aliphatic heterocycles. The van der Waals surface area contributed by atoms with Gasteiger partial charge in [-0.05, 0) is 36.6 Å². The Balaban J connectivity index is 2.59. The summed E-state index contributed by atoms with van der Waals surface area (Å²) in [4.78, 5) is 12.0. The number of hydrogen-bond donors (Lipinski definition) is 2. The van der Waals surface area contributed by atoms with Crippen LogP contribution in [0.3, 0.4) is 0 Å². The lowest BCUT2D eigenvalue weighted by Gasteiger charge is -2.18. The monoisotopic (exact) mass is 264 g/mol. The molecule has 0 radical (unpaired) electrons. The Morgan fingerprint density at radius 1 is 1.32 bits per heavy atom. The molecule has 0 spiro atoms. The van der Waals surface area contributed by atoms with Gasteiger partial charge in [-0.1, -0.05) is 20.8 Å². The van der Waals surface area contributed by atoms with E-state index in [0.29, 0.717) is 13.2 Å². The second-order valence-corrected chi connectivity index (χ2v) is 4.95. The molecule has 106 valence electrons. The Morgan fingerprint density at radius 3 is 2.42 bits per heavy atom. The van der Waals surface area contributed by atoms with E-state index in [9.17, 15) is 4.79 Å². The Bertz CT molecular complexity index is 388. The molecule has 0 saturated carbocycles. The van der Waals surface area contributed by atoms with Crippen molar-refractivity contribution in [3.05, 3.63) is 24.3 Å². The number of nitrogens with one attached hydrogen (secondary N) is 1. The molecule has 0 heterocycles. The van der Waals surface area contributed by atoms with Gasteiger partial charge in [0, 0.05) is 12.2 Å². The molecule has 4 nitrogen and oxygen atoms in total. The van der Waals surface area contributed by atoms with Crippen molar-refractivity contribution >= 4 is 11.6 Å². The van der Waals surface area contributed by atoms with Gasteiger partial charge in [-0.15, -0.1) is 0 Å². The summed E-state index contributed by atoms with van der Waals surface area (Å²) in [6.45, 7) is 7.13. The zero-order chi connectivity index (χ0) is 14.3. The fraction of sp³-hybridized carbons (Fsp3) is 0.533. The van der Waals surface area contributed by atoms with Gasteiger partial charge in [0.05, 0.1) is 12.5 Å². The van der Waals surface area contributed by atoms with Gasteiger partial charge in [-0.2, -0.15) is 0 Å². The van der Waals surface area contributed by atoms with Gasteiger partial charge in [0.15, 0.2) is 0 Å². The second-order valence-electron chi connectivity index (χ2n) is 4.95. The zero-order valence-corrected chi connectivity index (χ0v) is 12.0. The molecule has 4 heteroatoms. The Kier molecular flexibility index (Phi) is 6.36. The molecular formula is C15H24N2O2. The van der Waals surface area contributed by atoms with E-state index < -0.39 is 0 Å². The van der Waals surface area contributed by atoms with E-state index in [1.807, 2.05) is 38.1 Å². The van der Waals surface area contributed by atoms with Gasteiger partial charge < -0.3 is 15.8 Å². The first-order chi connectivity index (χ1) is 9.08. The number of ether oxygens (including phenoxy) is 1. The zero-order valence-electron chi connectivity index (χ0n) is 12.0. The number of hydrogen-bond acceptors (Lipinski definition) is 3. The van der Waals surface area contributed by atoms with Crippen molar-refractivity contribution in [2.45, 2.75) is 27.2 Å². The molecule has 3 N–H and O–H groups in total. The van der Waals surface area contributed by atoms with Crippen molar-refractivity contribution < 1.29 is 9.53 Å². The number of benzene rings is 1. The van der Waals surface area contributed by atoms with Crippen molar-refractivity contribution in [1.82, 2.24) is 0 Å². The number of nitrogens with two attached hydrogens (primary N) is 1. The highest BCUT2D eigenvalue weighted by atomic mass is 16.5. The first-order valence-corrected chi connectivity index (χ1v) is 6.82. The van der Waals surface area contributed by atoms with Gasteiger partial charge >= 0.3 is 0 Å². The van der Waals surface area contributed by atoms with E-state index in [4.69, 9.17) is 10.5 Å². The standard InChI is InChI=1S/C15H24N2O2/c1-4-9-19-13-7-5-12(6-8-13)17-15(18)14(10-16)11(2)3/h5-8,11,14H,4,9-10,16H2,1-3H3,(H,17,18). The maximum absolute atomic E-state index is 12.0. The van der Waals surface area contributed by atoms with Gasteiger partial charge in [-0.3, -0.25) is 4.79 Å². The molecular weight excluding hydrogens is 240 g/mol. The van der Waals surface area contributed by atoms with Crippen molar-refractivity contribution in [2.24, 2.45) is 17.6 Å². The number of carbonyl (C=O) groups excluding carboxylic acids is 1. The summed E-state index contributed by atoms with van der Waals surface area (Å²) < 4.78 is 5.49. The first-order valence-electron chi connectivity index (χ1n) is 6.82. The molecule has 0 bridgehead atoms. The highest BCUT2D eigenvalue weighted by molar-refractivity contribution is 5.92. The average molecular weight is 264 g/mol. The normalized spacial score (nSPS) is 12.3. The van der Waals surface area contributed by atoms with Crippen LogP contribution in [0.25, 0.3) is 0 Å². The molecule has 1 unspecified atom stereocenters. The van der Waals surface area contributed by atoms with Crippen LogP contribution in [0.15, 0.2) is 24.3 Å². The summed E-state index contributed by atoms with van der Waals surface area (Å²) in [7, 11) is 0. The summed E-state index contributed by atoms with van der Waals surface area (Å²) in [6.07, 6.45) is 0.977. The van der Waals surface area contributed by atoms with Crippen LogP contribution >= 0.6 is 0 Å². The van der Waals surface area contributed by atoms with E-state index in [2.05, 4.69) is 12.2 Å². The molecule has 0 aliphatic carbocycles. The van der Waals surface area contributed by atoms with Crippen LogP contribution in [-0.4, -0.2) is 19.1 Å². The van der Waals surface area contributed by atoms with E-state index in [1.165, 1.54) is 0 Å². The van der Waals surface area contributed by atoms with Gasteiger partial charge in [0.25, 0.3) is 0 Å². The van der Waals surface area contributed by atoms with E-state index in [0.717, 1.165) is 17.9 Å². The van der Waals surface area contributed by atoms with Crippen molar-refractivity contribution in [3.8, 4) is 5.75 Å². The van der Waals surface area contributed by atoms with Gasteiger partial charge in [0.1, 0.15) is 5.75 Å². The fourth-order valence-corrected chi connectivity index (χ4v) is 1.77. The minimum absolute atomic E-state index is 0.0280. The lowest BCUT2D eigenvalue weighted by Crippen LogP contribution is -2.33. The van der Waals surface area contributed by atoms with Crippen LogP contribution in [0.5, 0.6) is 5.75 Å². The first kappa shape index (κ1) is 15.5. The number of amides is 1. The predicted octanol–water partition coefficient (Wildman–Crippen LogP) is 2.64. The summed E-state index contributed by atoms with van der Waals surface area (Å²) in [6, 6.07) is 7.41. The smallest absolute Gasteiger partial charge is 0.229 e. The second kappa shape index (κ2) is 7.79. The van der Waals surface area contributed by atoms with Crippen LogP contribution in [-0.2, 0) is 4.79 Å². The number of anilines is 1. The maximum Gasteiger partial charge on any atom is 0.229 e. The fourth-order valence-electron chi connectivity index (χ4n) is 1.77. The summed E-state index contributed by atoms with van der Waals surface area (Å²) >= 11 is 0. The molecule has 1 amide bonds. The largest absolute Gasteiger partial charge is 0.494 e. The molecule has 0 saturated heterocycles. The molecule has 1 aromatic rings. The van der Waals surface area contributed by atoms with Crippen molar-refractivity contribution in [2.75, 3.05) is 18.5 Å². The third-order valence-corrected chi connectivity index (χ3v) is 2.99. The minimum atomic E-state index is -0.156.